The molecule has 0 unspecified atom stereocenters. The number of carbonyl (C=O) groups is 1. The number of anilines is 1. The van der Waals surface area contributed by atoms with Crippen molar-refractivity contribution in [2.24, 2.45) is 0 Å². The second kappa shape index (κ2) is 7.57. The Morgan fingerprint density at radius 3 is 2.54 bits per heavy atom. The first kappa shape index (κ1) is 18.1. The number of carbonyl (C=O) groups excluding carboxylic acids is 1. The highest BCUT2D eigenvalue weighted by Crippen LogP contribution is 2.17. The number of nitrogens with one attached hydrogen (secondary N) is 1. The van der Waals surface area contributed by atoms with Gasteiger partial charge in [-0.15, -0.1) is 0 Å². The van der Waals surface area contributed by atoms with Crippen LogP contribution in [0.5, 0.6) is 0 Å². The van der Waals surface area contributed by atoms with Gasteiger partial charge < -0.3 is 10.4 Å². The SMILES string of the molecule is Cc1cccc(NC(=O)c2cccc(S(=O)(=O)N(C)CCO)c2)c1. The fourth-order valence-corrected chi connectivity index (χ4v) is 3.37. The second-order valence-corrected chi connectivity index (χ2v) is 7.45. The highest BCUT2D eigenvalue weighted by atomic mass is 32.2. The zero-order chi connectivity index (χ0) is 17.7. The molecule has 0 heterocycles. The Morgan fingerprint density at radius 1 is 1.17 bits per heavy atom. The number of benzene rings is 2. The number of sulfonamides is 1. The number of rotatable bonds is 6. The number of likely N-dealkylation sites (N-methyl/N-ethyl adjacent to an activating group) is 1. The fourth-order valence-electron chi connectivity index (χ4n) is 2.16. The summed E-state index contributed by atoms with van der Waals surface area (Å²) < 4.78 is 25.8. The average Bonchev–Trinajstić information content (AvgIpc) is 2.55. The van der Waals surface area contributed by atoms with Gasteiger partial charge in [0.15, 0.2) is 0 Å². The maximum absolute atomic E-state index is 12.4. The first-order chi connectivity index (χ1) is 11.3. The number of amides is 1. The Morgan fingerprint density at radius 2 is 1.88 bits per heavy atom. The number of aliphatic hydroxyl groups excluding tert-OH is 1. The van der Waals surface area contributed by atoms with Crippen LogP contribution in [0.4, 0.5) is 5.69 Å². The van der Waals surface area contributed by atoms with E-state index < -0.39 is 10.0 Å². The predicted octanol–water partition coefficient (Wildman–Crippen LogP) is 1.86. The summed E-state index contributed by atoms with van der Waals surface area (Å²) in [7, 11) is -2.36. The molecule has 0 saturated carbocycles. The molecule has 24 heavy (non-hydrogen) atoms. The lowest BCUT2D eigenvalue weighted by Gasteiger charge is -2.16. The van der Waals surface area contributed by atoms with Gasteiger partial charge in [0.25, 0.3) is 5.91 Å². The molecule has 1 amide bonds. The number of aryl methyl sites for hydroxylation is 1. The first-order valence-electron chi connectivity index (χ1n) is 7.40. The number of aliphatic hydroxyl groups is 1. The van der Waals surface area contributed by atoms with Gasteiger partial charge in [0.2, 0.25) is 10.0 Å². The highest BCUT2D eigenvalue weighted by molar-refractivity contribution is 7.89. The van der Waals surface area contributed by atoms with Gasteiger partial charge >= 0.3 is 0 Å². The minimum Gasteiger partial charge on any atom is -0.395 e. The Kier molecular flexibility index (Phi) is 5.71. The first-order valence-corrected chi connectivity index (χ1v) is 8.84. The lowest BCUT2D eigenvalue weighted by Crippen LogP contribution is -2.29. The smallest absolute Gasteiger partial charge is 0.255 e. The summed E-state index contributed by atoms with van der Waals surface area (Å²) in [6.45, 7) is 1.63. The normalized spacial score (nSPS) is 11.5. The van der Waals surface area contributed by atoms with Gasteiger partial charge in [-0.3, -0.25) is 4.79 Å². The van der Waals surface area contributed by atoms with Crippen molar-refractivity contribution >= 4 is 21.6 Å². The van der Waals surface area contributed by atoms with Crippen molar-refractivity contribution in [3.8, 4) is 0 Å². The van der Waals surface area contributed by atoms with E-state index in [-0.39, 0.29) is 29.5 Å². The molecule has 0 aromatic heterocycles. The predicted molar refractivity (Wildman–Crippen MR) is 92.5 cm³/mol. The third-order valence-corrected chi connectivity index (χ3v) is 5.35. The van der Waals surface area contributed by atoms with Crippen LogP contribution in [0.3, 0.4) is 0 Å². The van der Waals surface area contributed by atoms with Gasteiger partial charge in [0, 0.05) is 24.8 Å². The van der Waals surface area contributed by atoms with Crippen LogP contribution in [0.2, 0.25) is 0 Å². The van der Waals surface area contributed by atoms with Crippen LogP contribution in [-0.4, -0.2) is 43.9 Å². The molecule has 6 nitrogen and oxygen atoms in total. The molecule has 0 aliphatic heterocycles. The summed E-state index contributed by atoms with van der Waals surface area (Å²) in [5, 5.41) is 11.7. The van der Waals surface area contributed by atoms with E-state index in [2.05, 4.69) is 5.32 Å². The molecule has 2 aromatic rings. The maximum atomic E-state index is 12.4. The molecule has 0 aliphatic rings. The van der Waals surface area contributed by atoms with E-state index >= 15 is 0 Å². The molecule has 2 aromatic carbocycles. The van der Waals surface area contributed by atoms with Gasteiger partial charge in [-0.05, 0) is 42.8 Å². The van der Waals surface area contributed by atoms with E-state index in [0.29, 0.717) is 5.69 Å². The quantitative estimate of drug-likeness (QED) is 0.834. The van der Waals surface area contributed by atoms with Crippen molar-refractivity contribution in [2.45, 2.75) is 11.8 Å². The van der Waals surface area contributed by atoms with E-state index in [1.54, 1.807) is 12.1 Å². The molecule has 128 valence electrons. The van der Waals surface area contributed by atoms with Crippen molar-refractivity contribution in [1.29, 1.82) is 0 Å². The molecule has 0 fully saturated rings. The third-order valence-electron chi connectivity index (χ3n) is 3.50. The maximum Gasteiger partial charge on any atom is 0.255 e. The lowest BCUT2D eigenvalue weighted by atomic mass is 10.2. The van der Waals surface area contributed by atoms with E-state index in [1.165, 1.54) is 25.2 Å². The van der Waals surface area contributed by atoms with Gasteiger partial charge in [-0.1, -0.05) is 18.2 Å². The molecule has 0 aliphatic carbocycles. The van der Waals surface area contributed by atoms with Crippen molar-refractivity contribution in [3.63, 3.8) is 0 Å². The molecule has 7 heteroatoms. The van der Waals surface area contributed by atoms with E-state index in [9.17, 15) is 13.2 Å². The highest BCUT2D eigenvalue weighted by Gasteiger charge is 2.21. The molecule has 0 spiro atoms. The van der Waals surface area contributed by atoms with Crippen molar-refractivity contribution in [2.75, 3.05) is 25.5 Å². The number of hydrogen-bond donors (Lipinski definition) is 2. The zero-order valence-corrected chi connectivity index (χ0v) is 14.4. The van der Waals surface area contributed by atoms with Crippen LogP contribution in [0.25, 0.3) is 0 Å². The minimum absolute atomic E-state index is 0.00958. The summed E-state index contributed by atoms with van der Waals surface area (Å²) >= 11 is 0. The molecule has 2 N–H and O–H groups in total. The van der Waals surface area contributed by atoms with Gasteiger partial charge in [0.05, 0.1) is 11.5 Å². The molecule has 0 bridgehead atoms. The number of nitrogens with zero attached hydrogens (tertiary/aromatic N) is 1. The van der Waals surface area contributed by atoms with Crippen LogP contribution >= 0.6 is 0 Å². The Hall–Kier alpha value is -2.22. The summed E-state index contributed by atoms with van der Waals surface area (Å²) in [4.78, 5) is 12.4. The summed E-state index contributed by atoms with van der Waals surface area (Å²) in [6.07, 6.45) is 0. The Bertz CT molecular complexity index is 834. The average molecular weight is 348 g/mol. The molecule has 0 saturated heterocycles. The van der Waals surface area contributed by atoms with E-state index in [1.807, 2.05) is 25.1 Å². The topological polar surface area (TPSA) is 86.7 Å². The summed E-state index contributed by atoms with van der Waals surface area (Å²) in [5.41, 5.74) is 1.90. The van der Waals surface area contributed by atoms with Crippen LogP contribution in [0.1, 0.15) is 15.9 Å². The monoisotopic (exact) mass is 348 g/mol. The summed E-state index contributed by atoms with van der Waals surface area (Å²) in [5.74, 6) is -0.387. The zero-order valence-electron chi connectivity index (χ0n) is 13.6. The van der Waals surface area contributed by atoms with Crippen molar-refractivity contribution in [1.82, 2.24) is 4.31 Å². The molecular formula is C17H20N2O4S. The van der Waals surface area contributed by atoms with Gasteiger partial charge in [0.1, 0.15) is 0 Å². The summed E-state index contributed by atoms with van der Waals surface area (Å²) in [6, 6.07) is 13.2. The van der Waals surface area contributed by atoms with Crippen LogP contribution < -0.4 is 5.32 Å². The second-order valence-electron chi connectivity index (χ2n) is 5.40. The molecule has 2 rings (SSSR count). The van der Waals surface area contributed by atoms with Crippen LogP contribution in [-0.2, 0) is 10.0 Å². The standard InChI is InChI=1S/C17H20N2O4S/c1-13-5-3-7-15(11-13)18-17(21)14-6-4-8-16(12-14)24(22,23)19(2)9-10-20/h3-8,11-12,20H,9-10H2,1-2H3,(H,18,21). The fraction of sp³-hybridized carbons (Fsp3) is 0.235. The Balaban J connectivity index is 2.25. The van der Waals surface area contributed by atoms with E-state index in [4.69, 9.17) is 5.11 Å². The largest absolute Gasteiger partial charge is 0.395 e. The lowest BCUT2D eigenvalue weighted by molar-refractivity contribution is 0.102. The van der Waals surface area contributed by atoms with Gasteiger partial charge in [-0.25, -0.2) is 8.42 Å². The van der Waals surface area contributed by atoms with Crippen molar-refractivity contribution in [3.05, 3.63) is 59.7 Å². The third kappa shape index (κ3) is 4.19. The van der Waals surface area contributed by atoms with Crippen LogP contribution in [0, 0.1) is 6.92 Å². The molecular weight excluding hydrogens is 328 g/mol. The van der Waals surface area contributed by atoms with Crippen molar-refractivity contribution < 1.29 is 18.3 Å². The van der Waals surface area contributed by atoms with Gasteiger partial charge in [-0.2, -0.15) is 4.31 Å². The Labute approximate surface area is 141 Å². The van der Waals surface area contributed by atoms with Crippen LogP contribution in [0.15, 0.2) is 53.4 Å². The van der Waals surface area contributed by atoms with E-state index in [0.717, 1.165) is 9.87 Å². The molecule has 0 radical (unpaired) electrons. The molecule has 0 atom stereocenters. The number of hydrogen-bond acceptors (Lipinski definition) is 4. The minimum atomic E-state index is -3.74.